The minimum absolute atomic E-state index is 0.0576. The molecule has 0 radical (unpaired) electrons. The number of likely N-dealkylation sites (tertiary alicyclic amines) is 1. The molecule has 0 bridgehead atoms. The molecule has 1 saturated carbocycles. The predicted octanol–water partition coefficient (Wildman–Crippen LogP) is 6.75. The van der Waals surface area contributed by atoms with Crippen LogP contribution < -0.4 is 20.4 Å². The standard InChI is InChI=1S/C48H68F3N9O5S/c1-7-40(31(2)3)56(5)44-32(23-34(30-63)43(50)51)28-53-47(55-44)54-35-10-18-60(19-11-35)66-37-12-16-58(17-13-37)36-26-48(27-36)14-20-59(21-15-48)42-24-33(29-62)38(25-39(42)49)46(65)57(6)41(9-8-22-61)45(64)52-4/h22-25,28-31,35-37,40-41,43H,7-21,26-27H2,1-6H3,(H,52,64)(H,53,54,55)/b34-23+. The summed E-state index contributed by atoms with van der Waals surface area (Å²) in [5.41, 5.74) is 0.254. The molecule has 362 valence electrons. The van der Waals surface area contributed by atoms with E-state index in [0.29, 0.717) is 65.9 Å². The van der Waals surface area contributed by atoms with Gasteiger partial charge in [-0.25, -0.2) is 18.2 Å². The number of hydrogen-bond donors (Lipinski definition) is 2. The van der Waals surface area contributed by atoms with E-state index >= 15 is 4.39 Å². The van der Waals surface area contributed by atoms with Crippen molar-refractivity contribution in [3.8, 4) is 0 Å². The van der Waals surface area contributed by atoms with Crippen LogP contribution in [-0.2, 0) is 14.4 Å². The van der Waals surface area contributed by atoms with Gasteiger partial charge < -0.3 is 35.0 Å². The second-order valence-electron chi connectivity index (χ2n) is 18.9. The summed E-state index contributed by atoms with van der Waals surface area (Å²) in [5, 5.41) is 6.57. The number of benzene rings is 1. The summed E-state index contributed by atoms with van der Waals surface area (Å²) in [7, 11) is 4.76. The van der Waals surface area contributed by atoms with Gasteiger partial charge in [-0.05, 0) is 107 Å². The molecule has 2 unspecified atom stereocenters. The topological polar surface area (TPSA) is 151 Å². The van der Waals surface area contributed by atoms with E-state index in [1.54, 1.807) is 0 Å². The molecule has 1 aromatic carbocycles. The van der Waals surface area contributed by atoms with Crippen LogP contribution in [0.15, 0.2) is 23.9 Å². The molecule has 2 atom stereocenters. The van der Waals surface area contributed by atoms with Crippen molar-refractivity contribution in [2.75, 3.05) is 75.5 Å². The molecule has 1 aromatic heterocycles. The molecule has 4 heterocycles. The predicted molar refractivity (Wildman–Crippen MR) is 254 cm³/mol. The molecule has 3 aliphatic heterocycles. The lowest BCUT2D eigenvalue weighted by Crippen LogP contribution is -2.56. The van der Waals surface area contributed by atoms with Crippen LogP contribution in [0, 0.1) is 17.2 Å². The van der Waals surface area contributed by atoms with Gasteiger partial charge in [-0.1, -0.05) is 32.7 Å². The molecule has 1 aliphatic carbocycles. The van der Waals surface area contributed by atoms with Crippen LogP contribution in [0.4, 0.5) is 30.6 Å². The molecular weight excluding hydrogens is 872 g/mol. The van der Waals surface area contributed by atoms with E-state index in [-0.39, 0.29) is 47.8 Å². The number of nitrogens with one attached hydrogen (secondary N) is 2. The number of aromatic nitrogens is 2. The first-order chi connectivity index (χ1) is 31.6. The Bertz CT molecular complexity index is 2050. The summed E-state index contributed by atoms with van der Waals surface area (Å²) in [6.45, 7) is 11.7. The van der Waals surface area contributed by atoms with Gasteiger partial charge in [-0.3, -0.25) is 23.5 Å². The first kappa shape index (κ1) is 50.9. The summed E-state index contributed by atoms with van der Waals surface area (Å²) in [4.78, 5) is 77.6. The monoisotopic (exact) mass is 940 g/mol. The Balaban J connectivity index is 0.946. The smallest absolute Gasteiger partial charge is 0.267 e. The van der Waals surface area contributed by atoms with Crippen molar-refractivity contribution in [1.29, 1.82) is 0 Å². The molecule has 66 heavy (non-hydrogen) atoms. The van der Waals surface area contributed by atoms with Gasteiger partial charge in [-0.2, -0.15) is 4.98 Å². The fourth-order valence-corrected chi connectivity index (χ4v) is 11.8. The van der Waals surface area contributed by atoms with E-state index in [2.05, 4.69) is 45.6 Å². The number of alkyl halides is 2. The summed E-state index contributed by atoms with van der Waals surface area (Å²) in [6.07, 6.45) is 10.5. The van der Waals surface area contributed by atoms with Gasteiger partial charge in [-0.15, -0.1) is 0 Å². The minimum Gasteiger partial charge on any atom is -0.369 e. The molecule has 2 aromatic rings. The number of nitrogens with zero attached hydrogens (tertiary/aromatic N) is 7. The van der Waals surface area contributed by atoms with Crippen LogP contribution in [0.3, 0.4) is 0 Å². The third-order valence-electron chi connectivity index (χ3n) is 14.5. The number of allylic oxidation sites excluding steroid dienone is 1. The fraction of sp³-hybridized carbons (Fsp3) is 0.646. The number of likely N-dealkylation sites (N-methyl/N-ethyl adjacent to an activating group) is 2. The lowest BCUT2D eigenvalue weighted by Gasteiger charge is -2.56. The summed E-state index contributed by atoms with van der Waals surface area (Å²) in [5.74, 6) is -0.440. The van der Waals surface area contributed by atoms with Crippen molar-refractivity contribution in [1.82, 2.24) is 29.4 Å². The molecule has 1 spiro atoms. The Kier molecular flexibility index (Phi) is 17.7. The quantitative estimate of drug-likeness (QED) is 0.0820. The van der Waals surface area contributed by atoms with Crippen LogP contribution in [0.5, 0.6) is 0 Å². The van der Waals surface area contributed by atoms with Gasteiger partial charge in [0.15, 0.2) is 12.6 Å². The molecule has 3 saturated heterocycles. The number of aldehydes is 3. The lowest BCUT2D eigenvalue weighted by molar-refractivity contribution is -0.125. The highest BCUT2D eigenvalue weighted by molar-refractivity contribution is 7.97. The van der Waals surface area contributed by atoms with E-state index in [1.165, 1.54) is 32.4 Å². The SMILES string of the molecule is CCC(C(C)C)N(C)c1nc(NC2CCN(SC3CCN(C4CC5(CCN(c6cc(C=O)c(C(=O)N(C)C(CCC=O)C(=O)NC)cc6F)CC5)C4)CC3)CC2)ncc1/C=C(\C=O)C(F)F. The zero-order valence-electron chi connectivity index (χ0n) is 39.3. The molecule has 18 heteroatoms. The maximum absolute atomic E-state index is 15.7. The number of piperidine rings is 3. The molecule has 6 rings (SSSR count). The average Bonchev–Trinajstić information content (AvgIpc) is 3.30. The largest absolute Gasteiger partial charge is 0.369 e. The number of carbonyl (C=O) groups excluding carboxylic acids is 5. The van der Waals surface area contributed by atoms with Gasteiger partial charge in [0.25, 0.3) is 12.3 Å². The van der Waals surface area contributed by atoms with E-state index in [0.717, 1.165) is 94.9 Å². The summed E-state index contributed by atoms with van der Waals surface area (Å²) >= 11 is 1.99. The van der Waals surface area contributed by atoms with Crippen molar-refractivity contribution >= 4 is 66.2 Å². The number of carbonyl (C=O) groups is 5. The Morgan fingerprint density at radius 1 is 0.985 bits per heavy atom. The van der Waals surface area contributed by atoms with Crippen LogP contribution in [0.25, 0.3) is 6.08 Å². The highest BCUT2D eigenvalue weighted by atomic mass is 32.2. The Labute approximate surface area is 392 Å². The lowest BCUT2D eigenvalue weighted by atomic mass is 9.59. The van der Waals surface area contributed by atoms with Crippen molar-refractivity contribution in [3.63, 3.8) is 0 Å². The molecular formula is C48H68F3N9O5S. The fourth-order valence-electron chi connectivity index (χ4n) is 10.5. The maximum atomic E-state index is 15.7. The van der Waals surface area contributed by atoms with E-state index < -0.39 is 35.7 Å². The number of amides is 2. The normalized spacial score (nSPS) is 19.9. The number of hydrogen-bond acceptors (Lipinski definition) is 13. The maximum Gasteiger partial charge on any atom is 0.267 e. The van der Waals surface area contributed by atoms with E-state index in [9.17, 15) is 32.8 Å². The Morgan fingerprint density at radius 3 is 2.24 bits per heavy atom. The van der Waals surface area contributed by atoms with Crippen LogP contribution in [0.2, 0.25) is 0 Å². The van der Waals surface area contributed by atoms with Gasteiger partial charge in [0.05, 0.1) is 16.8 Å². The minimum atomic E-state index is -2.89. The van der Waals surface area contributed by atoms with Crippen molar-refractivity contribution < 1.29 is 37.1 Å². The van der Waals surface area contributed by atoms with Crippen LogP contribution >= 0.6 is 11.9 Å². The average molecular weight is 940 g/mol. The molecule has 14 nitrogen and oxygen atoms in total. The molecule has 2 amide bonds. The summed E-state index contributed by atoms with van der Waals surface area (Å²) in [6, 6.07) is 2.45. The van der Waals surface area contributed by atoms with Gasteiger partial charge in [0.1, 0.15) is 24.0 Å². The number of rotatable bonds is 20. The Morgan fingerprint density at radius 2 is 1.67 bits per heavy atom. The first-order valence-corrected chi connectivity index (χ1v) is 24.4. The van der Waals surface area contributed by atoms with E-state index in [1.807, 2.05) is 28.8 Å². The van der Waals surface area contributed by atoms with Crippen molar-refractivity contribution in [2.24, 2.45) is 11.3 Å². The second kappa shape index (κ2) is 23.0. The second-order valence-corrected chi connectivity index (χ2v) is 20.3. The number of anilines is 3. The van der Waals surface area contributed by atoms with Gasteiger partial charge >= 0.3 is 0 Å². The van der Waals surface area contributed by atoms with Crippen molar-refractivity contribution in [2.45, 2.75) is 127 Å². The highest BCUT2D eigenvalue weighted by Crippen LogP contribution is 2.52. The first-order valence-electron chi connectivity index (χ1n) is 23.6. The van der Waals surface area contributed by atoms with Crippen molar-refractivity contribution in [3.05, 3.63) is 46.4 Å². The summed E-state index contributed by atoms with van der Waals surface area (Å²) < 4.78 is 45.3. The zero-order valence-corrected chi connectivity index (χ0v) is 40.1. The number of halogens is 3. The zero-order chi connectivity index (χ0) is 47.7. The molecule has 2 N–H and O–H groups in total. The van der Waals surface area contributed by atoms with Gasteiger partial charge in [0, 0.05) is 94.4 Å². The van der Waals surface area contributed by atoms with Crippen LogP contribution in [-0.4, -0.2) is 151 Å². The third kappa shape index (κ3) is 11.9. The van der Waals surface area contributed by atoms with Crippen LogP contribution in [0.1, 0.15) is 118 Å². The van der Waals surface area contributed by atoms with Gasteiger partial charge in [0.2, 0.25) is 11.9 Å². The highest BCUT2D eigenvalue weighted by Gasteiger charge is 2.48. The molecule has 4 aliphatic rings. The van der Waals surface area contributed by atoms with E-state index in [4.69, 9.17) is 4.98 Å². The third-order valence-corrected chi connectivity index (χ3v) is 15.9. The Hall–Kier alpha value is -4.55. The molecule has 4 fully saturated rings.